The van der Waals surface area contributed by atoms with E-state index in [0.29, 0.717) is 0 Å². The van der Waals surface area contributed by atoms with Crippen molar-refractivity contribution in [3.05, 3.63) is 36.2 Å². The van der Waals surface area contributed by atoms with E-state index in [1.165, 1.54) is 5.70 Å². The predicted molar refractivity (Wildman–Crippen MR) is 70.4 cm³/mol. The molecule has 0 aromatic carbocycles. The van der Waals surface area contributed by atoms with Crippen LogP contribution in [-0.4, -0.2) is 43.3 Å². The molecule has 1 aliphatic heterocycles. The lowest BCUT2D eigenvalue weighted by Crippen LogP contribution is -2.32. The molecule has 0 aliphatic carbocycles. The molecule has 1 aliphatic rings. The average molecular weight is 219 g/mol. The molecule has 0 fully saturated rings. The minimum atomic E-state index is 0.877. The van der Waals surface area contributed by atoms with Crippen molar-refractivity contribution in [2.24, 2.45) is 4.99 Å². The normalized spacial score (nSPS) is 22.4. The maximum Gasteiger partial charge on any atom is 0.0911 e. The molecular weight excluding hydrogens is 198 g/mol. The average Bonchev–Trinajstić information content (AvgIpc) is 2.28. The smallest absolute Gasteiger partial charge is 0.0911 e. The van der Waals surface area contributed by atoms with Gasteiger partial charge in [-0.1, -0.05) is 18.2 Å². The molecule has 0 amide bonds. The second-order valence-corrected chi connectivity index (χ2v) is 3.93. The van der Waals surface area contributed by atoms with E-state index in [1.807, 2.05) is 32.5 Å². The van der Waals surface area contributed by atoms with E-state index in [2.05, 4.69) is 34.5 Å². The molecule has 0 unspecified atom stereocenters. The quantitative estimate of drug-likeness (QED) is 0.663. The van der Waals surface area contributed by atoms with Crippen LogP contribution in [0.2, 0.25) is 0 Å². The number of hydrogen-bond acceptors (Lipinski definition) is 3. The minimum Gasteiger partial charge on any atom is -0.371 e. The molecule has 0 radical (unpaired) electrons. The molecule has 1 rings (SSSR count). The number of aliphatic imine (C=N–C) groups is 1. The Labute approximate surface area is 98.5 Å². The third kappa shape index (κ3) is 3.26. The maximum atomic E-state index is 4.49. The Morgan fingerprint density at radius 2 is 2.19 bits per heavy atom. The molecule has 88 valence electrons. The van der Waals surface area contributed by atoms with Crippen molar-refractivity contribution in [1.82, 2.24) is 9.80 Å². The van der Waals surface area contributed by atoms with Crippen molar-refractivity contribution in [2.45, 2.75) is 13.3 Å². The van der Waals surface area contributed by atoms with Gasteiger partial charge in [-0.05, 0) is 13.3 Å². The van der Waals surface area contributed by atoms with Crippen molar-refractivity contribution in [3.63, 3.8) is 0 Å². The summed E-state index contributed by atoms with van der Waals surface area (Å²) >= 11 is 0. The van der Waals surface area contributed by atoms with Gasteiger partial charge in [-0.15, -0.1) is 6.58 Å². The molecule has 16 heavy (non-hydrogen) atoms. The third-order valence-electron chi connectivity index (χ3n) is 2.61. The first-order chi connectivity index (χ1) is 7.69. The van der Waals surface area contributed by atoms with Gasteiger partial charge in [-0.2, -0.15) is 0 Å². The summed E-state index contributed by atoms with van der Waals surface area (Å²) in [5.41, 5.74) is 2.21. The number of hydrogen-bond donors (Lipinski definition) is 0. The molecular formula is C13H21N3. The van der Waals surface area contributed by atoms with Crippen molar-refractivity contribution < 1.29 is 0 Å². The fourth-order valence-electron chi connectivity index (χ4n) is 1.59. The van der Waals surface area contributed by atoms with Gasteiger partial charge in [-0.3, -0.25) is 0 Å². The Morgan fingerprint density at radius 1 is 1.44 bits per heavy atom. The summed E-state index contributed by atoms with van der Waals surface area (Å²) in [7, 11) is 4.15. The Morgan fingerprint density at radius 3 is 2.81 bits per heavy atom. The molecule has 3 nitrogen and oxygen atoms in total. The Hall–Kier alpha value is -1.51. The second-order valence-electron chi connectivity index (χ2n) is 3.93. The van der Waals surface area contributed by atoms with Gasteiger partial charge in [0.15, 0.2) is 0 Å². The fourth-order valence-corrected chi connectivity index (χ4v) is 1.59. The first kappa shape index (κ1) is 12.6. The van der Waals surface area contributed by atoms with Gasteiger partial charge in [0.25, 0.3) is 0 Å². The highest BCUT2D eigenvalue weighted by Crippen LogP contribution is 2.17. The van der Waals surface area contributed by atoms with E-state index in [1.54, 1.807) is 0 Å². The summed E-state index contributed by atoms with van der Waals surface area (Å²) in [6.07, 6.45) is 8.89. The molecule has 1 heterocycles. The van der Waals surface area contributed by atoms with Gasteiger partial charge in [0.1, 0.15) is 0 Å². The second kappa shape index (κ2) is 6.16. The Bertz CT molecular complexity index is 326. The monoisotopic (exact) mass is 219 g/mol. The first-order valence-electron chi connectivity index (χ1n) is 5.62. The zero-order chi connectivity index (χ0) is 12.0. The zero-order valence-electron chi connectivity index (χ0n) is 10.5. The Kier molecular flexibility index (Phi) is 4.83. The summed E-state index contributed by atoms with van der Waals surface area (Å²) in [5, 5.41) is 0. The van der Waals surface area contributed by atoms with Crippen LogP contribution in [0.15, 0.2) is 41.2 Å². The highest BCUT2D eigenvalue weighted by Gasteiger charge is 2.11. The summed E-state index contributed by atoms with van der Waals surface area (Å²) in [5.74, 6) is 0. The summed E-state index contributed by atoms with van der Waals surface area (Å²) in [4.78, 5) is 8.83. The number of allylic oxidation sites excluding steroid dienone is 3. The topological polar surface area (TPSA) is 18.8 Å². The Balaban J connectivity index is 2.99. The van der Waals surface area contributed by atoms with E-state index in [0.717, 1.165) is 25.2 Å². The van der Waals surface area contributed by atoms with Crippen LogP contribution in [0, 0.1) is 0 Å². The van der Waals surface area contributed by atoms with Gasteiger partial charge in [0.05, 0.1) is 17.7 Å². The van der Waals surface area contributed by atoms with Crippen LogP contribution in [0.1, 0.15) is 13.3 Å². The lowest BCUT2D eigenvalue weighted by molar-refractivity contribution is 0.364. The van der Waals surface area contributed by atoms with Gasteiger partial charge in [-0.25, -0.2) is 4.99 Å². The van der Waals surface area contributed by atoms with Crippen LogP contribution in [0.3, 0.4) is 0 Å². The van der Waals surface area contributed by atoms with Gasteiger partial charge < -0.3 is 9.80 Å². The molecule has 0 bridgehead atoms. The van der Waals surface area contributed by atoms with Crippen LogP contribution in [0.25, 0.3) is 0 Å². The predicted octanol–water partition coefficient (Wildman–Crippen LogP) is 2.26. The fraction of sp³-hybridized carbons (Fsp3) is 0.462. The van der Waals surface area contributed by atoms with Gasteiger partial charge in [0, 0.05) is 27.2 Å². The largest absolute Gasteiger partial charge is 0.371 e. The SMILES string of the molecule is C=CCC=C1/C(=C\C)N=CN(C)CCN1C. The molecule has 0 aromatic rings. The molecule has 0 aromatic heterocycles. The van der Waals surface area contributed by atoms with Gasteiger partial charge >= 0.3 is 0 Å². The van der Waals surface area contributed by atoms with Crippen molar-refractivity contribution in [3.8, 4) is 0 Å². The first-order valence-corrected chi connectivity index (χ1v) is 5.62. The van der Waals surface area contributed by atoms with E-state index in [4.69, 9.17) is 0 Å². The molecule has 0 saturated heterocycles. The number of rotatable bonds is 2. The van der Waals surface area contributed by atoms with Crippen molar-refractivity contribution >= 4 is 6.34 Å². The highest BCUT2D eigenvalue weighted by molar-refractivity contribution is 5.58. The standard InChI is InChI=1S/C13H21N3/c1-5-7-8-13-12(6-2)14-11-15(3)9-10-16(13)4/h5-6,8,11H,1,7,9-10H2,2-4H3/b12-6+,13-8?,14-11?. The van der Waals surface area contributed by atoms with Gasteiger partial charge in [0.2, 0.25) is 0 Å². The van der Waals surface area contributed by atoms with E-state index >= 15 is 0 Å². The summed E-state index contributed by atoms with van der Waals surface area (Å²) in [6.45, 7) is 7.75. The lowest BCUT2D eigenvalue weighted by atomic mass is 10.2. The van der Waals surface area contributed by atoms with E-state index in [-0.39, 0.29) is 0 Å². The number of likely N-dealkylation sites (N-methyl/N-ethyl adjacent to an activating group) is 2. The summed E-state index contributed by atoms with van der Waals surface area (Å²) < 4.78 is 0. The zero-order valence-corrected chi connectivity index (χ0v) is 10.5. The third-order valence-corrected chi connectivity index (χ3v) is 2.61. The van der Waals surface area contributed by atoms with Crippen molar-refractivity contribution in [1.29, 1.82) is 0 Å². The van der Waals surface area contributed by atoms with Crippen LogP contribution < -0.4 is 0 Å². The van der Waals surface area contributed by atoms with E-state index < -0.39 is 0 Å². The lowest BCUT2D eigenvalue weighted by Gasteiger charge is -2.28. The molecule has 0 N–H and O–H groups in total. The van der Waals surface area contributed by atoms with Crippen molar-refractivity contribution in [2.75, 3.05) is 27.2 Å². The number of nitrogens with zero attached hydrogens (tertiary/aromatic N) is 3. The van der Waals surface area contributed by atoms with Crippen LogP contribution >= 0.6 is 0 Å². The molecule has 0 spiro atoms. The van der Waals surface area contributed by atoms with E-state index in [9.17, 15) is 0 Å². The molecule has 0 atom stereocenters. The maximum absolute atomic E-state index is 4.49. The van der Waals surface area contributed by atoms with Crippen LogP contribution in [0.5, 0.6) is 0 Å². The molecule has 3 heteroatoms. The summed E-state index contributed by atoms with van der Waals surface area (Å²) in [6, 6.07) is 0. The minimum absolute atomic E-state index is 0.877. The van der Waals surface area contributed by atoms with Crippen LogP contribution in [0.4, 0.5) is 0 Å². The highest BCUT2D eigenvalue weighted by atomic mass is 15.2. The van der Waals surface area contributed by atoms with Crippen LogP contribution in [-0.2, 0) is 0 Å². The molecule has 0 saturated carbocycles.